The molecule has 1 aliphatic rings. The Morgan fingerprint density at radius 3 is 2.72 bits per heavy atom. The molecule has 1 fully saturated rings. The molecule has 0 bridgehead atoms. The van der Waals surface area contributed by atoms with Crippen molar-refractivity contribution in [2.75, 3.05) is 19.7 Å². The molecule has 2 aromatic rings. The molecule has 1 saturated heterocycles. The van der Waals surface area contributed by atoms with Gasteiger partial charge in [0.05, 0.1) is 25.3 Å². The summed E-state index contributed by atoms with van der Waals surface area (Å²) in [5.41, 5.74) is 1.96. The van der Waals surface area contributed by atoms with Crippen molar-refractivity contribution in [2.24, 2.45) is 5.92 Å². The molecule has 156 valence electrons. The summed E-state index contributed by atoms with van der Waals surface area (Å²) < 4.78 is 5.75. The van der Waals surface area contributed by atoms with Gasteiger partial charge >= 0.3 is 0 Å². The molecule has 5 heteroatoms. The lowest BCUT2D eigenvalue weighted by molar-refractivity contribution is -0.133. The molecule has 1 aliphatic heterocycles. The number of rotatable bonds is 8. The quantitative estimate of drug-likeness (QED) is 0.738. The highest BCUT2D eigenvalue weighted by Gasteiger charge is 2.25. The van der Waals surface area contributed by atoms with E-state index in [1.807, 2.05) is 47.4 Å². The van der Waals surface area contributed by atoms with Gasteiger partial charge in [0.2, 0.25) is 5.91 Å². The first-order valence-corrected chi connectivity index (χ1v) is 10.7. The van der Waals surface area contributed by atoms with Gasteiger partial charge in [0.15, 0.2) is 0 Å². The Morgan fingerprint density at radius 2 is 2.00 bits per heavy atom. The maximum absolute atomic E-state index is 13.3. The standard InChI is InChI=1S/C24H33N3O2/c1-19(2)18-29-23-10-8-20(9-11-23)16-24(28)27(17-21-6-3-4-14-26-21)22-7-5-13-25-15-12-22/h3-4,6,8-11,14,19,22,25H,5,7,12-13,15-18H2,1-2H3. The Bertz CT molecular complexity index is 738. The van der Waals surface area contributed by atoms with Crippen molar-refractivity contribution in [3.05, 3.63) is 59.9 Å². The van der Waals surface area contributed by atoms with Gasteiger partial charge in [-0.15, -0.1) is 0 Å². The first-order valence-electron chi connectivity index (χ1n) is 10.7. The molecule has 1 atom stereocenters. The minimum Gasteiger partial charge on any atom is -0.493 e. The van der Waals surface area contributed by atoms with Crippen LogP contribution in [0.1, 0.15) is 44.4 Å². The number of benzene rings is 1. The van der Waals surface area contributed by atoms with E-state index in [1.165, 1.54) is 0 Å². The van der Waals surface area contributed by atoms with Gasteiger partial charge in [-0.2, -0.15) is 0 Å². The Morgan fingerprint density at radius 1 is 1.17 bits per heavy atom. The fraction of sp³-hybridized carbons (Fsp3) is 0.500. The Hall–Kier alpha value is -2.40. The molecule has 1 unspecified atom stereocenters. The van der Waals surface area contributed by atoms with Crippen LogP contribution in [-0.4, -0.2) is 41.5 Å². The summed E-state index contributed by atoms with van der Waals surface area (Å²) in [5.74, 6) is 1.51. The molecule has 1 amide bonds. The summed E-state index contributed by atoms with van der Waals surface area (Å²) in [6.45, 7) is 7.52. The number of pyridine rings is 1. The fourth-order valence-electron chi connectivity index (χ4n) is 3.64. The van der Waals surface area contributed by atoms with E-state index in [0.717, 1.165) is 49.4 Å². The zero-order valence-electron chi connectivity index (χ0n) is 17.6. The molecule has 0 aliphatic carbocycles. The van der Waals surface area contributed by atoms with Gasteiger partial charge in [0.25, 0.3) is 0 Å². The molecule has 29 heavy (non-hydrogen) atoms. The van der Waals surface area contributed by atoms with Crippen LogP contribution in [0.3, 0.4) is 0 Å². The largest absolute Gasteiger partial charge is 0.493 e. The maximum Gasteiger partial charge on any atom is 0.227 e. The number of aromatic nitrogens is 1. The average Bonchev–Trinajstić information content (AvgIpc) is 3.01. The minimum absolute atomic E-state index is 0.165. The smallest absolute Gasteiger partial charge is 0.227 e. The van der Waals surface area contributed by atoms with Gasteiger partial charge in [0.1, 0.15) is 5.75 Å². The molecule has 3 rings (SSSR count). The lowest BCUT2D eigenvalue weighted by Gasteiger charge is -2.31. The molecule has 1 aromatic carbocycles. The van der Waals surface area contributed by atoms with Gasteiger partial charge in [-0.1, -0.05) is 32.0 Å². The SMILES string of the molecule is CC(C)COc1ccc(CC(=O)N(Cc2ccccn2)C2CCCNCC2)cc1. The van der Waals surface area contributed by atoms with E-state index in [4.69, 9.17) is 4.74 Å². The number of nitrogens with one attached hydrogen (secondary N) is 1. The van der Waals surface area contributed by atoms with Gasteiger partial charge in [0, 0.05) is 12.2 Å². The molecule has 0 radical (unpaired) electrons. The Balaban J connectivity index is 1.68. The zero-order chi connectivity index (χ0) is 20.5. The van der Waals surface area contributed by atoms with E-state index >= 15 is 0 Å². The highest BCUT2D eigenvalue weighted by molar-refractivity contribution is 5.79. The average molecular weight is 396 g/mol. The molecule has 2 heterocycles. The lowest BCUT2D eigenvalue weighted by atomic mass is 10.0. The molecule has 0 saturated carbocycles. The summed E-state index contributed by atoms with van der Waals surface area (Å²) in [5, 5.41) is 3.44. The maximum atomic E-state index is 13.3. The zero-order valence-corrected chi connectivity index (χ0v) is 17.6. The molecule has 1 N–H and O–H groups in total. The fourth-order valence-corrected chi connectivity index (χ4v) is 3.64. The van der Waals surface area contributed by atoms with Crippen LogP contribution in [0, 0.1) is 5.92 Å². The van der Waals surface area contributed by atoms with Crippen LogP contribution in [0.2, 0.25) is 0 Å². The molecule has 1 aromatic heterocycles. The Kier molecular flexibility index (Phi) is 8.05. The van der Waals surface area contributed by atoms with Crippen LogP contribution in [0.25, 0.3) is 0 Å². The highest BCUT2D eigenvalue weighted by atomic mass is 16.5. The summed E-state index contributed by atoms with van der Waals surface area (Å²) in [6.07, 6.45) is 5.32. The minimum atomic E-state index is 0.165. The molecular weight excluding hydrogens is 362 g/mol. The monoisotopic (exact) mass is 395 g/mol. The van der Waals surface area contributed by atoms with Crippen molar-refractivity contribution in [3.63, 3.8) is 0 Å². The second-order valence-electron chi connectivity index (χ2n) is 8.20. The second-order valence-corrected chi connectivity index (χ2v) is 8.20. The van der Waals surface area contributed by atoms with Gasteiger partial charge in [-0.05, 0) is 68.1 Å². The second kappa shape index (κ2) is 11.0. The Labute approximate surface area is 174 Å². The van der Waals surface area contributed by atoms with Crippen LogP contribution in [-0.2, 0) is 17.8 Å². The van der Waals surface area contributed by atoms with Crippen molar-refractivity contribution in [1.29, 1.82) is 0 Å². The summed E-state index contributed by atoms with van der Waals surface area (Å²) in [7, 11) is 0. The molecular formula is C24H33N3O2. The number of amides is 1. The summed E-state index contributed by atoms with van der Waals surface area (Å²) in [4.78, 5) is 19.8. The van der Waals surface area contributed by atoms with Crippen LogP contribution in [0.4, 0.5) is 0 Å². The topological polar surface area (TPSA) is 54.5 Å². The van der Waals surface area contributed by atoms with E-state index in [1.54, 1.807) is 6.20 Å². The highest BCUT2D eigenvalue weighted by Crippen LogP contribution is 2.19. The third-order valence-corrected chi connectivity index (χ3v) is 5.23. The lowest BCUT2D eigenvalue weighted by Crippen LogP contribution is -2.41. The summed E-state index contributed by atoms with van der Waals surface area (Å²) in [6, 6.07) is 14.1. The number of ether oxygens (including phenoxy) is 1. The molecule has 5 nitrogen and oxygen atoms in total. The van der Waals surface area contributed by atoms with Crippen molar-refractivity contribution in [1.82, 2.24) is 15.2 Å². The third kappa shape index (κ3) is 6.86. The van der Waals surface area contributed by atoms with Crippen molar-refractivity contribution >= 4 is 5.91 Å². The van der Waals surface area contributed by atoms with Gasteiger partial charge in [-0.3, -0.25) is 9.78 Å². The van der Waals surface area contributed by atoms with E-state index in [-0.39, 0.29) is 11.9 Å². The predicted octanol–water partition coefficient (Wildman–Crippen LogP) is 3.83. The van der Waals surface area contributed by atoms with Gasteiger partial charge in [-0.25, -0.2) is 0 Å². The van der Waals surface area contributed by atoms with Gasteiger partial charge < -0.3 is 15.0 Å². The van der Waals surface area contributed by atoms with E-state index in [9.17, 15) is 4.79 Å². The van der Waals surface area contributed by atoms with Crippen LogP contribution >= 0.6 is 0 Å². The van der Waals surface area contributed by atoms with Crippen molar-refractivity contribution < 1.29 is 9.53 Å². The van der Waals surface area contributed by atoms with E-state index in [0.29, 0.717) is 25.5 Å². The van der Waals surface area contributed by atoms with Crippen LogP contribution in [0.15, 0.2) is 48.7 Å². The van der Waals surface area contributed by atoms with E-state index < -0.39 is 0 Å². The number of nitrogens with zero attached hydrogens (tertiary/aromatic N) is 2. The first-order chi connectivity index (χ1) is 14.1. The summed E-state index contributed by atoms with van der Waals surface area (Å²) >= 11 is 0. The van der Waals surface area contributed by atoms with Crippen molar-refractivity contribution in [2.45, 2.75) is 52.1 Å². The normalized spacial score (nSPS) is 17.0. The van der Waals surface area contributed by atoms with E-state index in [2.05, 4.69) is 24.1 Å². The number of carbonyl (C=O) groups is 1. The number of carbonyl (C=O) groups excluding carboxylic acids is 1. The van der Waals surface area contributed by atoms with Crippen LogP contribution in [0.5, 0.6) is 5.75 Å². The molecule has 0 spiro atoms. The van der Waals surface area contributed by atoms with Crippen LogP contribution < -0.4 is 10.1 Å². The first kappa shape index (κ1) is 21.3. The number of hydrogen-bond donors (Lipinski definition) is 1. The predicted molar refractivity (Wildman–Crippen MR) is 116 cm³/mol. The van der Waals surface area contributed by atoms with Crippen molar-refractivity contribution in [3.8, 4) is 5.75 Å². The third-order valence-electron chi connectivity index (χ3n) is 5.23. The number of hydrogen-bond acceptors (Lipinski definition) is 4.